The fourth-order valence-corrected chi connectivity index (χ4v) is 5.20. The van der Waals surface area contributed by atoms with Crippen LogP contribution in [0.2, 0.25) is 0 Å². The van der Waals surface area contributed by atoms with Gasteiger partial charge in [0.1, 0.15) is 24.1 Å². The van der Waals surface area contributed by atoms with Crippen molar-refractivity contribution in [3.05, 3.63) is 51.9 Å². The quantitative estimate of drug-likeness (QED) is 0.496. The monoisotopic (exact) mass is 524 g/mol. The van der Waals surface area contributed by atoms with Gasteiger partial charge in [-0.25, -0.2) is 13.6 Å². The van der Waals surface area contributed by atoms with E-state index in [2.05, 4.69) is 10.3 Å². The van der Waals surface area contributed by atoms with Gasteiger partial charge in [0, 0.05) is 54.4 Å². The minimum atomic E-state index is -4.92. The maximum atomic E-state index is 14.8. The number of nitrogens with zero attached hydrogens (tertiary/aromatic N) is 3. The van der Waals surface area contributed by atoms with E-state index in [1.807, 2.05) is 6.92 Å². The number of ether oxygens (including phenoxy) is 1. The Hall–Kier alpha value is -3.25. The van der Waals surface area contributed by atoms with Crippen molar-refractivity contribution in [3.63, 3.8) is 0 Å². The SMILES string of the molecule is CCC1CN(c2nc(=O)n3c4c(c(-c5ccc(F)cc5F)c(C(F)(F)F)cc24)OCC3)CC(CCO)N1. The molecule has 3 aromatic rings. The van der Waals surface area contributed by atoms with Crippen LogP contribution < -0.4 is 20.6 Å². The second kappa shape index (κ2) is 9.56. The number of rotatable bonds is 5. The zero-order valence-corrected chi connectivity index (χ0v) is 19.9. The highest BCUT2D eigenvalue weighted by Gasteiger charge is 2.40. The lowest BCUT2D eigenvalue weighted by molar-refractivity contribution is -0.137. The minimum absolute atomic E-state index is 0.0390. The topological polar surface area (TPSA) is 79.6 Å². The summed E-state index contributed by atoms with van der Waals surface area (Å²) in [4.78, 5) is 19.0. The Labute approximate surface area is 208 Å². The summed E-state index contributed by atoms with van der Waals surface area (Å²) in [6.07, 6.45) is -3.80. The second-order valence-electron chi connectivity index (χ2n) is 9.25. The van der Waals surface area contributed by atoms with Gasteiger partial charge in [0.25, 0.3) is 0 Å². The normalized spacial score (nSPS) is 19.8. The smallest absolute Gasteiger partial charge is 0.417 e. The number of hydrogen-bond acceptors (Lipinski definition) is 6. The molecule has 198 valence electrons. The molecule has 2 aliphatic rings. The van der Waals surface area contributed by atoms with Gasteiger partial charge in [-0.15, -0.1) is 0 Å². The van der Waals surface area contributed by atoms with E-state index in [9.17, 15) is 31.9 Å². The Kier molecular flexibility index (Phi) is 6.57. The Bertz CT molecular complexity index is 1410. The summed E-state index contributed by atoms with van der Waals surface area (Å²) in [5.74, 6) is -2.34. The summed E-state index contributed by atoms with van der Waals surface area (Å²) in [5.41, 5.74) is -2.83. The van der Waals surface area contributed by atoms with Gasteiger partial charge in [-0.05, 0) is 31.0 Å². The zero-order chi connectivity index (χ0) is 26.5. The fourth-order valence-electron chi connectivity index (χ4n) is 5.20. The van der Waals surface area contributed by atoms with E-state index in [0.717, 1.165) is 18.2 Å². The average Bonchev–Trinajstić information content (AvgIpc) is 2.85. The third-order valence-corrected chi connectivity index (χ3v) is 6.89. The van der Waals surface area contributed by atoms with Gasteiger partial charge in [0.05, 0.1) is 17.6 Å². The van der Waals surface area contributed by atoms with Crippen molar-refractivity contribution < 1.29 is 31.8 Å². The number of aliphatic hydroxyl groups is 1. The van der Waals surface area contributed by atoms with E-state index >= 15 is 0 Å². The number of aromatic nitrogens is 2. The van der Waals surface area contributed by atoms with Crippen LogP contribution in [0.4, 0.5) is 27.8 Å². The molecule has 2 aliphatic heterocycles. The number of hydrogen-bond donors (Lipinski definition) is 2. The molecule has 2 aromatic carbocycles. The first-order chi connectivity index (χ1) is 17.6. The predicted molar refractivity (Wildman–Crippen MR) is 127 cm³/mol. The first-order valence-corrected chi connectivity index (χ1v) is 12.0. The Morgan fingerprint density at radius 1 is 1.19 bits per heavy atom. The van der Waals surface area contributed by atoms with Crippen LogP contribution in [-0.2, 0) is 12.7 Å². The molecule has 3 heterocycles. The molecule has 0 radical (unpaired) electrons. The van der Waals surface area contributed by atoms with E-state index < -0.39 is 40.2 Å². The lowest BCUT2D eigenvalue weighted by Gasteiger charge is -2.40. The van der Waals surface area contributed by atoms with Gasteiger partial charge in [0.2, 0.25) is 0 Å². The fraction of sp³-hybridized carbons (Fsp3) is 0.440. The molecule has 7 nitrogen and oxygen atoms in total. The van der Waals surface area contributed by atoms with Crippen LogP contribution >= 0.6 is 0 Å². The molecule has 1 fully saturated rings. The number of anilines is 1. The van der Waals surface area contributed by atoms with Gasteiger partial charge >= 0.3 is 11.9 Å². The maximum absolute atomic E-state index is 14.8. The highest BCUT2D eigenvalue weighted by molar-refractivity contribution is 6.00. The molecule has 1 saturated heterocycles. The van der Waals surface area contributed by atoms with Gasteiger partial charge in [-0.1, -0.05) is 6.92 Å². The number of nitrogens with one attached hydrogen (secondary N) is 1. The van der Waals surface area contributed by atoms with E-state index in [0.29, 0.717) is 32.0 Å². The third-order valence-electron chi connectivity index (χ3n) is 6.89. The number of aliphatic hydroxyl groups excluding tert-OH is 1. The van der Waals surface area contributed by atoms with Crippen molar-refractivity contribution in [3.8, 4) is 16.9 Å². The van der Waals surface area contributed by atoms with Crippen molar-refractivity contribution in [1.29, 1.82) is 0 Å². The average molecular weight is 524 g/mol. The van der Waals surface area contributed by atoms with Crippen LogP contribution in [0.3, 0.4) is 0 Å². The summed E-state index contributed by atoms with van der Waals surface area (Å²) in [6, 6.07) is 2.98. The molecule has 12 heteroatoms. The molecule has 37 heavy (non-hydrogen) atoms. The lowest BCUT2D eigenvalue weighted by atomic mass is 9.94. The van der Waals surface area contributed by atoms with Crippen molar-refractivity contribution in [2.45, 2.75) is 44.6 Å². The van der Waals surface area contributed by atoms with Gasteiger partial charge in [-0.2, -0.15) is 18.2 Å². The molecule has 5 rings (SSSR count). The summed E-state index contributed by atoms with van der Waals surface area (Å²) in [5, 5.41) is 12.9. The number of piperazine rings is 1. The first kappa shape index (κ1) is 25.4. The Morgan fingerprint density at radius 3 is 2.62 bits per heavy atom. The highest BCUT2D eigenvalue weighted by atomic mass is 19.4. The maximum Gasteiger partial charge on any atom is 0.417 e. The molecule has 1 aromatic heterocycles. The van der Waals surface area contributed by atoms with Gasteiger partial charge in [-0.3, -0.25) is 4.57 Å². The van der Waals surface area contributed by atoms with Gasteiger partial charge in [0.15, 0.2) is 5.75 Å². The molecule has 2 atom stereocenters. The highest BCUT2D eigenvalue weighted by Crippen LogP contribution is 2.48. The number of halogens is 5. The third kappa shape index (κ3) is 4.52. The van der Waals surface area contributed by atoms with Crippen LogP contribution in [0.5, 0.6) is 5.75 Å². The molecule has 0 bridgehead atoms. The lowest BCUT2D eigenvalue weighted by Crippen LogP contribution is -2.57. The first-order valence-electron chi connectivity index (χ1n) is 12.0. The van der Waals surface area contributed by atoms with Crippen LogP contribution in [-0.4, -0.2) is 53.0 Å². The van der Waals surface area contributed by atoms with Gasteiger partial charge < -0.3 is 20.1 Å². The number of alkyl halides is 3. The number of benzene rings is 2. The molecule has 0 spiro atoms. The molecule has 2 N–H and O–H groups in total. The van der Waals surface area contributed by atoms with Crippen molar-refractivity contribution in [2.75, 3.05) is 31.2 Å². The molecule has 0 saturated carbocycles. The summed E-state index contributed by atoms with van der Waals surface area (Å²) >= 11 is 0. The standard InChI is InChI=1S/C25H25F5N4O3/c1-2-14-11-33(12-15(31-14)5-7-35)23-17-10-18(25(28,29)30)20(16-4-3-13(26)9-19(16)27)22-21(17)34(6-8-37-22)24(36)32-23/h3-4,9-10,14-15,31,35H,2,5-8,11-12H2,1H3. The van der Waals surface area contributed by atoms with E-state index in [4.69, 9.17) is 4.74 Å². The molecule has 2 unspecified atom stereocenters. The van der Waals surface area contributed by atoms with Crippen molar-refractivity contribution in [1.82, 2.24) is 14.9 Å². The molecule has 0 aliphatic carbocycles. The Balaban J connectivity index is 1.82. The molecule has 0 amide bonds. The van der Waals surface area contributed by atoms with E-state index in [-0.39, 0.29) is 54.3 Å². The Morgan fingerprint density at radius 2 is 1.95 bits per heavy atom. The summed E-state index contributed by atoms with van der Waals surface area (Å²) in [6.45, 7) is 2.50. The van der Waals surface area contributed by atoms with E-state index in [1.165, 1.54) is 4.57 Å². The van der Waals surface area contributed by atoms with Crippen LogP contribution in [0.1, 0.15) is 25.3 Å². The van der Waals surface area contributed by atoms with E-state index in [1.54, 1.807) is 4.90 Å². The minimum Gasteiger partial charge on any atom is -0.489 e. The molecular weight excluding hydrogens is 499 g/mol. The van der Waals surface area contributed by atoms with Crippen molar-refractivity contribution in [2.24, 2.45) is 0 Å². The van der Waals surface area contributed by atoms with Crippen LogP contribution in [0.25, 0.3) is 22.0 Å². The predicted octanol–water partition coefficient (Wildman–Crippen LogP) is 3.69. The van der Waals surface area contributed by atoms with Crippen LogP contribution in [0, 0.1) is 11.6 Å². The second-order valence-corrected chi connectivity index (χ2v) is 9.25. The summed E-state index contributed by atoms with van der Waals surface area (Å²) in [7, 11) is 0. The largest absolute Gasteiger partial charge is 0.489 e. The molecular formula is C25H25F5N4O3. The van der Waals surface area contributed by atoms with Crippen molar-refractivity contribution >= 4 is 16.7 Å². The zero-order valence-electron chi connectivity index (χ0n) is 19.9. The van der Waals surface area contributed by atoms with Crippen LogP contribution in [0.15, 0.2) is 29.1 Å². The summed E-state index contributed by atoms with van der Waals surface area (Å²) < 4.78 is 78.7.